The van der Waals surface area contributed by atoms with Gasteiger partial charge in [-0.1, -0.05) is 61.0 Å². The van der Waals surface area contributed by atoms with E-state index in [0.717, 1.165) is 22.4 Å². The summed E-state index contributed by atoms with van der Waals surface area (Å²) in [5.41, 5.74) is 5.95. The van der Waals surface area contributed by atoms with Crippen molar-refractivity contribution in [3.8, 4) is 22.3 Å². The van der Waals surface area contributed by atoms with E-state index in [2.05, 4.69) is 29.1 Å². The van der Waals surface area contributed by atoms with Gasteiger partial charge < -0.3 is 9.67 Å². The Labute approximate surface area is 153 Å². The molecular weight excluding hydrogens is 324 g/mol. The molecule has 1 heterocycles. The van der Waals surface area contributed by atoms with Gasteiger partial charge in [0.2, 0.25) is 5.69 Å². The number of nitrogens with zero attached hydrogens (tertiary/aromatic N) is 2. The SMILES string of the molecule is [C-]#[N+]c1c(-c2ccc(-c3ccc(C)cc3)cc2)c(C(=O)O)n(C)c1CC. The van der Waals surface area contributed by atoms with Crippen LogP contribution in [0.1, 0.15) is 28.7 Å². The van der Waals surface area contributed by atoms with Gasteiger partial charge in [0, 0.05) is 18.3 Å². The first-order valence-electron chi connectivity index (χ1n) is 8.47. The van der Waals surface area contributed by atoms with Gasteiger partial charge in [-0.15, -0.1) is 0 Å². The molecule has 1 N–H and O–H groups in total. The molecule has 0 bridgehead atoms. The van der Waals surface area contributed by atoms with Gasteiger partial charge >= 0.3 is 5.97 Å². The molecule has 0 aliphatic rings. The van der Waals surface area contributed by atoms with E-state index >= 15 is 0 Å². The minimum absolute atomic E-state index is 0.163. The zero-order valence-corrected chi connectivity index (χ0v) is 15.1. The summed E-state index contributed by atoms with van der Waals surface area (Å²) in [6.45, 7) is 11.5. The second kappa shape index (κ2) is 6.89. The average molecular weight is 344 g/mol. The van der Waals surface area contributed by atoms with Crippen molar-refractivity contribution in [1.82, 2.24) is 4.57 Å². The van der Waals surface area contributed by atoms with Gasteiger partial charge in [-0.05, 0) is 30.0 Å². The first-order chi connectivity index (χ1) is 12.5. The van der Waals surface area contributed by atoms with E-state index in [-0.39, 0.29) is 5.69 Å². The van der Waals surface area contributed by atoms with Gasteiger partial charge in [-0.2, -0.15) is 0 Å². The lowest BCUT2D eigenvalue weighted by Crippen LogP contribution is -2.07. The van der Waals surface area contributed by atoms with Gasteiger partial charge in [-0.3, -0.25) is 0 Å². The predicted molar refractivity (Wildman–Crippen MR) is 104 cm³/mol. The predicted octanol–water partition coefficient (Wildman–Crippen LogP) is 5.48. The molecule has 0 aliphatic heterocycles. The number of hydrogen-bond donors (Lipinski definition) is 1. The van der Waals surface area contributed by atoms with Crippen molar-refractivity contribution >= 4 is 11.7 Å². The van der Waals surface area contributed by atoms with E-state index < -0.39 is 5.97 Å². The Kier molecular flexibility index (Phi) is 4.64. The number of carboxylic acids is 1. The van der Waals surface area contributed by atoms with Gasteiger partial charge in [0.1, 0.15) is 5.69 Å². The summed E-state index contributed by atoms with van der Waals surface area (Å²) >= 11 is 0. The minimum atomic E-state index is -1.02. The summed E-state index contributed by atoms with van der Waals surface area (Å²) in [7, 11) is 1.71. The highest BCUT2D eigenvalue weighted by molar-refractivity contribution is 6.00. The average Bonchev–Trinajstić information content (AvgIpc) is 2.94. The number of benzene rings is 2. The molecule has 4 nitrogen and oxygen atoms in total. The smallest absolute Gasteiger partial charge is 0.351 e. The van der Waals surface area contributed by atoms with Crippen LogP contribution in [-0.4, -0.2) is 15.6 Å². The van der Waals surface area contributed by atoms with Crippen molar-refractivity contribution in [3.05, 3.63) is 76.9 Å². The number of aromatic carboxylic acids is 1. The third-order valence-electron chi connectivity index (χ3n) is 4.69. The molecule has 4 heteroatoms. The fourth-order valence-corrected chi connectivity index (χ4v) is 3.34. The van der Waals surface area contributed by atoms with Crippen molar-refractivity contribution in [2.75, 3.05) is 0 Å². The van der Waals surface area contributed by atoms with Crippen LogP contribution in [0.5, 0.6) is 0 Å². The first-order valence-corrected chi connectivity index (χ1v) is 8.47. The van der Waals surface area contributed by atoms with Crippen LogP contribution in [0.2, 0.25) is 0 Å². The lowest BCUT2D eigenvalue weighted by Gasteiger charge is -2.07. The molecule has 26 heavy (non-hydrogen) atoms. The van der Waals surface area contributed by atoms with Crippen molar-refractivity contribution in [3.63, 3.8) is 0 Å². The maximum absolute atomic E-state index is 11.8. The number of aromatic nitrogens is 1. The topological polar surface area (TPSA) is 46.6 Å². The second-order valence-electron chi connectivity index (χ2n) is 6.29. The Bertz CT molecular complexity index is 1000. The van der Waals surface area contributed by atoms with Gasteiger partial charge in [0.25, 0.3) is 0 Å². The molecule has 3 aromatic rings. The Morgan fingerprint density at radius 2 is 1.54 bits per heavy atom. The first kappa shape index (κ1) is 17.5. The Morgan fingerprint density at radius 3 is 2.00 bits per heavy atom. The second-order valence-corrected chi connectivity index (χ2v) is 6.29. The van der Waals surface area contributed by atoms with Gasteiger partial charge in [0.15, 0.2) is 0 Å². The molecular formula is C22H20N2O2. The molecule has 1 aromatic heterocycles. The monoisotopic (exact) mass is 344 g/mol. The molecule has 0 saturated carbocycles. The summed E-state index contributed by atoms with van der Waals surface area (Å²) in [6.07, 6.45) is 0.607. The van der Waals surface area contributed by atoms with Crippen LogP contribution in [0.15, 0.2) is 48.5 Å². The van der Waals surface area contributed by atoms with Gasteiger partial charge in [0.05, 0.1) is 6.57 Å². The molecule has 0 aliphatic carbocycles. The van der Waals surface area contributed by atoms with Crippen molar-refractivity contribution in [2.24, 2.45) is 7.05 Å². The summed E-state index contributed by atoms with van der Waals surface area (Å²) in [5.74, 6) is -1.02. The third-order valence-corrected chi connectivity index (χ3v) is 4.69. The van der Waals surface area contributed by atoms with E-state index in [1.54, 1.807) is 11.6 Å². The number of carboxylic acid groups (broad SMARTS) is 1. The maximum Gasteiger partial charge on any atom is 0.351 e. The Balaban J connectivity index is 2.14. The van der Waals surface area contributed by atoms with Crippen LogP contribution in [0.4, 0.5) is 5.69 Å². The molecule has 0 amide bonds. The highest BCUT2D eigenvalue weighted by Crippen LogP contribution is 2.40. The molecule has 3 rings (SSSR count). The summed E-state index contributed by atoms with van der Waals surface area (Å²) in [6, 6.07) is 16.0. The lowest BCUT2D eigenvalue weighted by molar-refractivity contribution is 0.0687. The Hall–Kier alpha value is -3.32. The standard InChI is InChI=1S/C22H20N2O2/c1-5-18-20(23-3)19(21(22(25)26)24(18)4)17-12-10-16(11-13-17)15-8-6-14(2)7-9-15/h6-13H,5H2,1-2,4H3,(H,25,26). The van der Waals surface area contributed by atoms with Crippen LogP contribution < -0.4 is 0 Å². The van der Waals surface area contributed by atoms with E-state index in [1.807, 2.05) is 38.1 Å². The molecule has 0 radical (unpaired) electrons. The maximum atomic E-state index is 11.8. The van der Waals surface area contributed by atoms with Crippen LogP contribution >= 0.6 is 0 Å². The summed E-state index contributed by atoms with van der Waals surface area (Å²) < 4.78 is 1.62. The fraction of sp³-hybridized carbons (Fsp3) is 0.182. The van der Waals surface area contributed by atoms with Gasteiger partial charge in [-0.25, -0.2) is 9.64 Å². The minimum Gasteiger partial charge on any atom is -0.477 e. The lowest BCUT2D eigenvalue weighted by atomic mass is 9.98. The number of carbonyl (C=O) groups is 1. The number of aryl methyl sites for hydroxylation is 1. The van der Waals surface area contributed by atoms with E-state index in [1.165, 1.54) is 5.56 Å². The van der Waals surface area contributed by atoms with E-state index in [9.17, 15) is 9.90 Å². The van der Waals surface area contributed by atoms with Crippen LogP contribution in [0.3, 0.4) is 0 Å². The number of rotatable bonds is 4. The number of hydrogen-bond acceptors (Lipinski definition) is 1. The summed E-state index contributed by atoms with van der Waals surface area (Å²) in [5, 5.41) is 9.67. The quantitative estimate of drug-likeness (QED) is 0.637. The molecule has 0 spiro atoms. The largest absolute Gasteiger partial charge is 0.477 e. The molecule has 0 fully saturated rings. The third kappa shape index (κ3) is 2.89. The van der Waals surface area contributed by atoms with Crippen LogP contribution in [0, 0.1) is 13.5 Å². The highest BCUT2D eigenvalue weighted by Gasteiger charge is 2.25. The summed E-state index contributed by atoms with van der Waals surface area (Å²) in [4.78, 5) is 15.4. The van der Waals surface area contributed by atoms with Crippen molar-refractivity contribution in [2.45, 2.75) is 20.3 Å². The van der Waals surface area contributed by atoms with Crippen LogP contribution in [-0.2, 0) is 13.5 Å². The van der Waals surface area contributed by atoms with Crippen molar-refractivity contribution < 1.29 is 9.90 Å². The zero-order chi connectivity index (χ0) is 18.8. The molecule has 2 aromatic carbocycles. The van der Waals surface area contributed by atoms with Crippen molar-refractivity contribution in [1.29, 1.82) is 0 Å². The fourth-order valence-electron chi connectivity index (χ4n) is 3.34. The van der Waals surface area contributed by atoms with E-state index in [0.29, 0.717) is 17.7 Å². The molecule has 0 atom stereocenters. The highest BCUT2D eigenvalue weighted by atomic mass is 16.4. The normalized spacial score (nSPS) is 10.5. The Morgan fingerprint density at radius 1 is 1.04 bits per heavy atom. The van der Waals surface area contributed by atoms with Crippen LogP contribution in [0.25, 0.3) is 27.1 Å². The zero-order valence-electron chi connectivity index (χ0n) is 15.1. The molecule has 0 unspecified atom stereocenters. The molecule has 130 valence electrons. The van der Waals surface area contributed by atoms with E-state index in [4.69, 9.17) is 6.57 Å². The molecule has 0 saturated heterocycles.